The number of nitrogens with zero attached hydrogens (tertiary/aromatic N) is 2. The lowest BCUT2D eigenvalue weighted by Gasteiger charge is -2.28. The summed E-state index contributed by atoms with van der Waals surface area (Å²) < 4.78 is 13.2. The molecule has 1 aromatic heterocycles. The van der Waals surface area contributed by atoms with Crippen molar-refractivity contribution in [3.05, 3.63) is 54.0 Å². The summed E-state index contributed by atoms with van der Waals surface area (Å²) in [4.78, 5) is 18.6. The van der Waals surface area contributed by atoms with Gasteiger partial charge in [0.05, 0.1) is 24.4 Å². The summed E-state index contributed by atoms with van der Waals surface area (Å²) in [5.41, 5.74) is 1.43. The van der Waals surface area contributed by atoms with Gasteiger partial charge in [0, 0.05) is 13.1 Å². The van der Waals surface area contributed by atoms with E-state index in [2.05, 4.69) is 15.2 Å². The van der Waals surface area contributed by atoms with Crippen LogP contribution in [0.15, 0.2) is 42.6 Å². The summed E-state index contributed by atoms with van der Waals surface area (Å²) in [7, 11) is 0. The average molecular weight is 343 g/mol. The van der Waals surface area contributed by atoms with Crippen molar-refractivity contribution in [1.29, 1.82) is 0 Å². The molecule has 1 aliphatic heterocycles. The topological polar surface area (TPSA) is 65.5 Å². The number of hydrogen-bond donors (Lipinski definition) is 2. The van der Waals surface area contributed by atoms with Gasteiger partial charge in [-0.15, -0.1) is 0 Å². The van der Waals surface area contributed by atoms with Crippen molar-refractivity contribution in [2.75, 3.05) is 23.3 Å². The van der Waals surface area contributed by atoms with Crippen molar-refractivity contribution in [2.24, 2.45) is 0 Å². The van der Waals surface area contributed by atoms with E-state index < -0.39 is 11.9 Å². The monoisotopic (exact) mass is 343 g/mol. The van der Waals surface area contributed by atoms with E-state index in [0.29, 0.717) is 11.4 Å². The third-order valence-corrected chi connectivity index (χ3v) is 4.35. The number of hydrogen-bond acceptors (Lipinski definition) is 4. The number of aliphatic hydroxyl groups is 1. The van der Waals surface area contributed by atoms with Crippen LogP contribution in [0.4, 0.5) is 15.9 Å². The smallest absolute Gasteiger partial charge is 0.228 e. The number of benzene rings is 1. The molecule has 5 nitrogen and oxygen atoms in total. The molecule has 1 unspecified atom stereocenters. The Bertz CT molecular complexity index is 715. The number of nitrogens with one attached hydrogen (secondary N) is 1. The van der Waals surface area contributed by atoms with Crippen molar-refractivity contribution < 1.29 is 14.3 Å². The number of carbonyl (C=O) groups excluding carboxylic acids is 1. The quantitative estimate of drug-likeness (QED) is 0.874. The molecule has 0 radical (unpaired) electrons. The normalized spacial score (nSPS) is 15.7. The maximum Gasteiger partial charge on any atom is 0.228 e. The molecule has 132 valence electrons. The van der Waals surface area contributed by atoms with Gasteiger partial charge in [0.1, 0.15) is 11.6 Å². The van der Waals surface area contributed by atoms with E-state index in [1.54, 1.807) is 18.3 Å². The molecule has 1 saturated heterocycles. The zero-order valence-electron chi connectivity index (χ0n) is 14.0. The van der Waals surface area contributed by atoms with Gasteiger partial charge in [0.15, 0.2) is 0 Å². The average Bonchev–Trinajstić information content (AvgIpc) is 2.63. The number of aromatic nitrogens is 1. The molecule has 3 rings (SSSR count). The Morgan fingerprint density at radius 3 is 2.72 bits per heavy atom. The van der Waals surface area contributed by atoms with Crippen LogP contribution in [-0.4, -0.2) is 29.1 Å². The van der Waals surface area contributed by atoms with E-state index in [1.807, 2.05) is 6.07 Å². The van der Waals surface area contributed by atoms with Crippen molar-refractivity contribution in [3.63, 3.8) is 0 Å². The third kappa shape index (κ3) is 4.76. The Kier molecular flexibility index (Phi) is 5.60. The Labute approximate surface area is 146 Å². The van der Waals surface area contributed by atoms with E-state index in [1.165, 1.54) is 37.5 Å². The maximum absolute atomic E-state index is 13.2. The van der Waals surface area contributed by atoms with Crippen LogP contribution in [0.3, 0.4) is 0 Å². The molecule has 0 saturated carbocycles. The summed E-state index contributed by atoms with van der Waals surface area (Å²) >= 11 is 0. The molecule has 0 bridgehead atoms. The molecular weight excluding hydrogens is 321 g/mol. The lowest BCUT2D eigenvalue weighted by atomic mass is 10.1. The van der Waals surface area contributed by atoms with Crippen molar-refractivity contribution in [1.82, 2.24) is 4.98 Å². The molecule has 1 aromatic carbocycles. The highest BCUT2D eigenvalue weighted by Crippen LogP contribution is 2.21. The van der Waals surface area contributed by atoms with Crippen LogP contribution in [0, 0.1) is 5.82 Å². The predicted octanol–water partition coefficient (Wildman–Crippen LogP) is 3.27. The number of amides is 1. The fourth-order valence-electron chi connectivity index (χ4n) is 3.00. The first-order valence-corrected chi connectivity index (χ1v) is 8.56. The number of pyridine rings is 1. The molecule has 25 heavy (non-hydrogen) atoms. The van der Waals surface area contributed by atoms with Crippen LogP contribution in [-0.2, 0) is 4.79 Å². The van der Waals surface area contributed by atoms with Crippen LogP contribution in [0.1, 0.15) is 37.4 Å². The van der Waals surface area contributed by atoms with E-state index in [9.17, 15) is 14.3 Å². The first-order chi connectivity index (χ1) is 12.1. The molecule has 2 heterocycles. The van der Waals surface area contributed by atoms with Crippen molar-refractivity contribution in [3.8, 4) is 0 Å². The number of rotatable bonds is 5. The van der Waals surface area contributed by atoms with Gasteiger partial charge in [-0.05, 0) is 49.1 Å². The third-order valence-electron chi connectivity index (χ3n) is 4.35. The molecule has 1 atom stereocenters. The second-order valence-corrected chi connectivity index (χ2v) is 6.27. The Morgan fingerprint density at radius 1 is 1.24 bits per heavy atom. The van der Waals surface area contributed by atoms with Gasteiger partial charge in [-0.2, -0.15) is 0 Å². The fraction of sp³-hybridized carbons (Fsp3) is 0.368. The van der Waals surface area contributed by atoms with Crippen LogP contribution in [0.25, 0.3) is 0 Å². The highest BCUT2D eigenvalue weighted by atomic mass is 19.1. The van der Waals surface area contributed by atoms with Gasteiger partial charge in [-0.25, -0.2) is 9.37 Å². The molecule has 0 spiro atoms. The predicted molar refractivity (Wildman–Crippen MR) is 94.9 cm³/mol. The van der Waals surface area contributed by atoms with Gasteiger partial charge in [-0.3, -0.25) is 4.79 Å². The summed E-state index contributed by atoms with van der Waals surface area (Å²) in [5.74, 6) is -0.362. The summed E-state index contributed by atoms with van der Waals surface area (Å²) in [6, 6.07) is 9.32. The van der Waals surface area contributed by atoms with Gasteiger partial charge >= 0.3 is 0 Å². The largest absolute Gasteiger partial charge is 0.388 e. The fourth-order valence-corrected chi connectivity index (χ4v) is 3.00. The SMILES string of the molecule is O=C(CC(O)c1cccc(F)c1)Nc1ccc(N2CCCCC2)cn1. The first kappa shape index (κ1) is 17.4. The van der Waals surface area contributed by atoms with E-state index in [0.717, 1.165) is 18.8 Å². The van der Waals surface area contributed by atoms with Crippen LogP contribution in [0.2, 0.25) is 0 Å². The van der Waals surface area contributed by atoms with Crippen LogP contribution < -0.4 is 10.2 Å². The van der Waals surface area contributed by atoms with Crippen molar-refractivity contribution in [2.45, 2.75) is 31.8 Å². The first-order valence-electron chi connectivity index (χ1n) is 8.56. The molecule has 1 amide bonds. The maximum atomic E-state index is 13.2. The van der Waals surface area contributed by atoms with Gasteiger partial charge in [-0.1, -0.05) is 12.1 Å². The molecule has 0 aliphatic carbocycles. The number of aliphatic hydroxyl groups excluding tert-OH is 1. The highest BCUT2D eigenvalue weighted by Gasteiger charge is 2.15. The van der Waals surface area contributed by atoms with E-state index >= 15 is 0 Å². The molecular formula is C19H22FN3O2. The summed E-state index contributed by atoms with van der Waals surface area (Å²) in [6.07, 6.45) is 4.20. The highest BCUT2D eigenvalue weighted by molar-refractivity contribution is 5.90. The van der Waals surface area contributed by atoms with Crippen LogP contribution >= 0.6 is 0 Å². The van der Waals surface area contributed by atoms with E-state index in [4.69, 9.17) is 0 Å². The van der Waals surface area contributed by atoms with Gasteiger partial charge < -0.3 is 15.3 Å². The molecule has 2 N–H and O–H groups in total. The van der Waals surface area contributed by atoms with Gasteiger partial charge in [0.2, 0.25) is 5.91 Å². The number of piperidine rings is 1. The second kappa shape index (κ2) is 8.07. The second-order valence-electron chi connectivity index (χ2n) is 6.27. The Balaban J connectivity index is 1.55. The minimum absolute atomic E-state index is 0.154. The molecule has 2 aromatic rings. The molecule has 6 heteroatoms. The summed E-state index contributed by atoms with van der Waals surface area (Å²) in [5, 5.41) is 12.7. The number of carbonyl (C=O) groups is 1. The van der Waals surface area contributed by atoms with E-state index in [-0.39, 0.29) is 12.3 Å². The van der Waals surface area contributed by atoms with Gasteiger partial charge in [0.25, 0.3) is 0 Å². The Morgan fingerprint density at radius 2 is 2.04 bits per heavy atom. The zero-order valence-corrected chi connectivity index (χ0v) is 14.0. The molecule has 1 fully saturated rings. The summed E-state index contributed by atoms with van der Waals surface area (Å²) in [6.45, 7) is 2.07. The number of anilines is 2. The number of halogens is 1. The minimum atomic E-state index is -1.05. The van der Waals surface area contributed by atoms with Crippen LogP contribution in [0.5, 0.6) is 0 Å². The lowest BCUT2D eigenvalue weighted by Crippen LogP contribution is -2.29. The zero-order chi connectivity index (χ0) is 17.6. The molecule has 1 aliphatic rings. The minimum Gasteiger partial charge on any atom is -0.388 e. The standard InChI is InChI=1S/C19H22FN3O2/c20-15-6-4-5-14(11-15)17(24)12-19(25)22-18-8-7-16(13-21-18)23-9-2-1-3-10-23/h4-8,11,13,17,24H,1-3,9-10,12H2,(H,21,22,25). The Hall–Kier alpha value is -2.47. The van der Waals surface area contributed by atoms with Crippen molar-refractivity contribution >= 4 is 17.4 Å². The lowest BCUT2D eigenvalue weighted by molar-refractivity contribution is -0.118.